The first-order valence-electron chi connectivity index (χ1n) is 13.0. The molecule has 0 amide bonds. The third-order valence-electron chi connectivity index (χ3n) is 10.0. The predicted molar refractivity (Wildman–Crippen MR) is 131 cm³/mol. The Kier molecular flexibility index (Phi) is 6.42. The fourth-order valence-electron chi connectivity index (χ4n) is 8.71. The fraction of sp³-hybridized carbons (Fsp3) is 0.750. The van der Waals surface area contributed by atoms with Crippen molar-refractivity contribution in [1.29, 1.82) is 0 Å². The summed E-state index contributed by atoms with van der Waals surface area (Å²) >= 11 is 0. The van der Waals surface area contributed by atoms with Crippen LogP contribution in [-0.4, -0.2) is 64.8 Å². The summed E-state index contributed by atoms with van der Waals surface area (Å²) in [6.07, 6.45) is -4.86. The van der Waals surface area contributed by atoms with Gasteiger partial charge in [0.1, 0.15) is 17.8 Å². The van der Waals surface area contributed by atoms with Crippen molar-refractivity contribution >= 4 is 29.7 Å². The number of aliphatic hydroxyl groups excluding tert-OH is 1. The van der Waals surface area contributed by atoms with Gasteiger partial charge in [-0.25, -0.2) is 0 Å². The van der Waals surface area contributed by atoms with Crippen LogP contribution in [0.5, 0.6) is 0 Å². The molecule has 10 atom stereocenters. The van der Waals surface area contributed by atoms with Gasteiger partial charge < -0.3 is 24.1 Å². The Labute approximate surface area is 222 Å². The van der Waals surface area contributed by atoms with Crippen molar-refractivity contribution in [2.75, 3.05) is 0 Å². The highest BCUT2D eigenvalue weighted by Crippen LogP contribution is 2.71. The normalized spacial score (nSPS) is 45.9. The number of fused-ring (bicyclic) bond motifs is 5. The molecule has 0 unspecified atom stereocenters. The summed E-state index contributed by atoms with van der Waals surface area (Å²) < 4.78 is 22.9. The molecule has 0 aromatic rings. The summed E-state index contributed by atoms with van der Waals surface area (Å²) in [6.45, 7) is 16.7. The molecule has 4 rings (SSSR count). The van der Waals surface area contributed by atoms with Crippen LogP contribution in [0.25, 0.3) is 0 Å². The van der Waals surface area contributed by atoms with E-state index in [4.69, 9.17) is 18.9 Å². The molecule has 10 heteroatoms. The van der Waals surface area contributed by atoms with Gasteiger partial charge >= 0.3 is 23.9 Å². The minimum Gasteiger partial charge on any atom is -0.461 e. The number of hydrogen-bond acceptors (Lipinski definition) is 10. The Hall–Kier alpha value is -2.75. The highest BCUT2D eigenvalue weighted by Gasteiger charge is 2.78. The third-order valence-corrected chi connectivity index (χ3v) is 10.0. The fourth-order valence-corrected chi connectivity index (χ4v) is 8.71. The van der Waals surface area contributed by atoms with Crippen LogP contribution in [0.1, 0.15) is 68.2 Å². The molecule has 4 fully saturated rings. The lowest BCUT2D eigenvalue weighted by atomic mass is 9.36. The zero-order valence-corrected chi connectivity index (χ0v) is 23.3. The first-order valence-corrected chi connectivity index (χ1v) is 13.0. The highest BCUT2D eigenvalue weighted by atomic mass is 16.6. The molecule has 2 heterocycles. The molecule has 1 N–H and O–H groups in total. The Morgan fingerprint density at radius 2 is 1.55 bits per heavy atom. The number of rotatable bonds is 2. The maximum Gasteiger partial charge on any atom is 0.311 e. The number of hydrogen-bond donors (Lipinski definition) is 1. The van der Waals surface area contributed by atoms with E-state index in [2.05, 4.69) is 6.58 Å². The van der Waals surface area contributed by atoms with E-state index in [9.17, 15) is 29.1 Å². The number of cyclic esters (lactones) is 2. The monoisotopic (exact) mass is 534 g/mol. The first-order chi connectivity index (χ1) is 17.3. The standard InChI is InChI=1S/C28H38O10/c1-12-10-16-27(8)17(36-14(3)29)11-18(31)38-25(5,6)20(27)19(32)23(37-15(4)30)28(16,9)21-24(34)35-13(2)22(33)26(12,21)7/h13,16-17,19-21,23,32H,1,10-11H2,2-9H3/t13-,16-,17-,19+,20+,21-,23+,26-,27-,28+/m1/s1. The van der Waals surface area contributed by atoms with Crippen LogP contribution in [0.3, 0.4) is 0 Å². The minimum atomic E-state index is -1.46. The average Bonchev–Trinajstić information content (AvgIpc) is 2.82. The largest absolute Gasteiger partial charge is 0.461 e. The average molecular weight is 535 g/mol. The second-order valence-corrected chi connectivity index (χ2v) is 12.5. The van der Waals surface area contributed by atoms with Gasteiger partial charge in [0.2, 0.25) is 0 Å². The van der Waals surface area contributed by atoms with E-state index in [0.717, 1.165) is 0 Å². The van der Waals surface area contributed by atoms with E-state index in [-0.39, 0.29) is 18.6 Å². The number of Topliss-reactive ketones (excluding diaryl/α,β-unsaturated/α-hetero) is 1. The van der Waals surface area contributed by atoms with E-state index in [0.29, 0.717) is 5.57 Å². The molecule has 0 aromatic heterocycles. The summed E-state index contributed by atoms with van der Waals surface area (Å²) in [4.78, 5) is 64.9. The van der Waals surface area contributed by atoms with Crippen molar-refractivity contribution in [3.63, 3.8) is 0 Å². The summed E-state index contributed by atoms with van der Waals surface area (Å²) in [5.74, 6) is -5.62. The Morgan fingerprint density at radius 1 is 0.974 bits per heavy atom. The number of ether oxygens (including phenoxy) is 4. The predicted octanol–water partition coefficient (Wildman–Crippen LogP) is 2.29. The lowest BCUT2D eigenvalue weighted by molar-refractivity contribution is -0.289. The van der Waals surface area contributed by atoms with Crippen molar-refractivity contribution < 1.29 is 48.0 Å². The maximum absolute atomic E-state index is 13.7. The summed E-state index contributed by atoms with van der Waals surface area (Å²) in [5.41, 5.74) is -4.69. The first kappa shape index (κ1) is 28.3. The molecule has 0 bridgehead atoms. The van der Waals surface area contributed by atoms with Crippen LogP contribution in [-0.2, 0) is 42.9 Å². The molecule has 2 saturated carbocycles. The van der Waals surface area contributed by atoms with Crippen LogP contribution in [0.15, 0.2) is 12.2 Å². The smallest absolute Gasteiger partial charge is 0.311 e. The number of aliphatic hydroxyl groups is 1. The number of carbonyl (C=O) groups excluding carboxylic acids is 5. The van der Waals surface area contributed by atoms with E-state index in [1.807, 2.05) is 0 Å². The van der Waals surface area contributed by atoms with Crippen molar-refractivity contribution in [3.8, 4) is 0 Å². The molecule has 38 heavy (non-hydrogen) atoms. The molecule has 10 nitrogen and oxygen atoms in total. The zero-order chi connectivity index (χ0) is 28.7. The van der Waals surface area contributed by atoms with E-state index >= 15 is 0 Å². The quantitative estimate of drug-likeness (QED) is 0.318. The lowest BCUT2D eigenvalue weighted by Crippen LogP contribution is -2.76. The Bertz CT molecular complexity index is 1120. The molecule has 210 valence electrons. The molecule has 0 radical (unpaired) electrons. The molecule has 0 spiro atoms. The van der Waals surface area contributed by atoms with Gasteiger partial charge in [-0.1, -0.05) is 26.0 Å². The molecule has 0 aromatic carbocycles. The maximum atomic E-state index is 13.7. The summed E-state index contributed by atoms with van der Waals surface area (Å²) in [6, 6.07) is 0. The van der Waals surface area contributed by atoms with Gasteiger partial charge in [0.25, 0.3) is 0 Å². The third kappa shape index (κ3) is 3.58. The van der Waals surface area contributed by atoms with Gasteiger partial charge in [-0.3, -0.25) is 24.0 Å². The van der Waals surface area contributed by atoms with Gasteiger partial charge in [0.15, 0.2) is 11.9 Å². The van der Waals surface area contributed by atoms with Crippen LogP contribution in [0.2, 0.25) is 0 Å². The number of carbonyl (C=O) groups is 5. The van der Waals surface area contributed by atoms with Crippen LogP contribution in [0, 0.1) is 34.0 Å². The second-order valence-electron chi connectivity index (χ2n) is 12.5. The van der Waals surface area contributed by atoms with Gasteiger partial charge in [-0.05, 0) is 40.0 Å². The van der Waals surface area contributed by atoms with Gasteiger partial charge in [0, 0.05) is 30.6 Å². The number of esters is 4. The molecular formula is C28H38O10. The topological polar surface area (TPSA) is 143 Å². The Morgan fingerprint density at radius 3 is 2.11 bits per heavy atom. The number of allylic oxidation sites excluding steroid dienone is 1. The zero-order valence-electron chi connectivity index (χ0n) is 23.3. The van der Waals surface area contributed by atoms with Crippen molar-refractivity contribution in [2.45, 2.75) is 98.2 Å². The lowest BCUT2D eigenvalue weighted by Gasteiger charge is -2.69. The van der Waals surface area contributed by atoms with Crippen LogP contribution in [0.4, 0.5) is 0 Å². The van der Waals surface area contributed by atoms with E-state index in [1.165, 1.54) is 20.8 Å². The molecule has 4 aliphatic rings. The minimum absolute atomic E-state index is 0.189. The molecule has 2 aliphatic heterocycles. The molecule has 2 aliphatic carbocycles. The number of ketones is 1. The van der Waals surface area contributed by atoms with Crippen molar-refractivity contribution in [2.24, 2.45) is 34.0 Å². The van der Waals surface area contributed by atoms with Gasteiger partial charge in [0.05, 0.1) is 23.9 Å². The second kappa shape index (κ2) is 8.63. The van der Waals surface area contributed by atoms with Crippen LogP contribution >= 0.6 is 0 Å². The van der Waals surface area contributed by atoms with E-state index in [1.54, 1.807) is 34.6 Å². The van der Waals surface area contributed by atoms with Crippen molar-refractivity contribution in [1.82, 2.24) is 0 Å². The Balaban J connectivity index is 2.06. The van der Waals surface area contributed by atoms with Crippen LogP contribution < -0.4 is 0 Å². The van der Waals surface area contributed by atoms with Crippen molar-refractivity contribution in [3.05, 3.63) is 12.2 Å². The summed E-state index contributed by atoms with van der Waals surface area (Å²) in [7, 11) is 0. The van der Waals surface area contributed by atoms with Gasteiger partial charge in [-0.2, -0.15) is 0 Å². The van der Waals surface area contributed by atoms with E-state index < -0.39 is 87.9 Å². The SMILES string of the molecule is C=C1C[C@H]2[C@@](C)([C@@H]3C(=O)O[C@H](C)C(=O)[C@]13C)[C@@H](OC(C)=O)[C@@H](O)[C@H]1C(C)(C)OC(=O)C[C@@H](OC(C)=O)[C@@]21C. The molecular weight excluding hydrogens is 496 g/mol. The summed E-state index contributed by atoms with van der Waals surface area (Å²) in [5, 5.41) is 12.1. The molecule has 2 saturated heterocycles. The van der Waals surface area contributed by atoms with Gasteiger partial charge in [-0.15, -0.1) is 0 Å². The highest BCUT2D eigenvalue weighted by molar-refractivity contribution is 6.00.